The minimum atomic E-state index is -4.79. The number of carbonyl (C=O) groups is 1. The maximum Gasteiger partial charge on any atom is 0.413 e. The zero-order valence-corrected chi connectivity index (χ0v) is 14.4. The summed E-state index contributed by atoms with van der Waals surface area (Å²) in [6.07, 6.45) is -4.05. The maximum absolute atomic E-state index is 13.9. The number of amides is 1. The van der Waals surface area contributed by atoms with E-state index in [0.717, 1.165) is 11.6 Å². The Morgan fingerprint density at radius 3 is 2.41 bits per heavy atom. The average molecular weight is 374 g/mol. The molecule has 1 N–H and O–H groups in total. The third-order valence-corrected chi connectivity index (χ3v) is 4.50. The second-order valence-corrected chi connectivity index (χ2v) is 6.16. The fourth-order valence-electron chi connectivity index (χ4n) is 3.31. The molecule has 0 radical (unpaired) electrons. The summed E-state index contributed by atoms with van der Waals surface area (Å²) in [6, 6.07) is 11.6. The maximum atomic E-state index is 13.9. The second kappa shape index (κ2) is 7.26. The van der Waals surface area contributed by atoms with Crippen LogP contribution in [-0.4, -0.2) is 27.3 Å². The molecule has 27 heavy (non-hydrogen) atoms. The third kappa shape index (κ3) is 3.72. The molecule has 1 aromatic heterocycles. The zero-order chi connectivity index (χ0) is 19.6. The number of nitrogens with zero attached hydrogens (tertiary/aromatic N) is 2. The van der Waals surface area contributed by atoms with Crippen LogP contribution in [0.3, 0.4) is 0 Å². The van der Waals surface area contributed by atoms with Crippen molar-refractivity contribution in [3.8, 4) is 0 Å². The van der Waals surface area contributed by atoms with Gasteiger partial charge in [-0.05, 0) is 29.3 Å². The highest BCUT2D eigenvalue weighted by Crippen LogP contribution is 2.42. The van der Waals surface area contributed by atoms with Crippen molar-refractivity contribution in [3.63, 3.8) is 0 Å². The molecule has 0 saturated heterocycles. The molecule has 2 aromatic carbocycles. The predicted octanol–water partition coefficient (Wildman–Crippen LogP) is 5.58. The molecule has 0 saturated carbocycles. The van der Waals surface area contributed by atoms with Crippen LogP contribution in [0.1, 0.15) is 30.1 Å². The van der Waals surface area contributed by atoms with Gasteiger partial charge in [0.2, 0.25) is 0 Å². The summed E-state index contributed by atoms with van der Waals surface area (Å²) in [5, 5.41) is 11.2. The van der Waals surface area contributed by atoms with Gasteiger partial charge in [0.05, 0.1) is 6.04 Å². The van der Waals surface area contributed by atoms with E-state index in [9.17, 15) is 23.1 Å². The summed E-state index contributed by atoms with van der Waals surface area (Å²) in [4.78, 5) is 16.1. The summed E-state index contributed by atoms with van der Waals surface area (Å²) in [5.41, 5.74) is 0.285. The smallest absolute Gasteiger partial charge is 0.413 e. The first-order chi connectivity index (χ1) is 12.8. The lowest BCUT2D eigenvalue weighted by Crippen LogP contribution is -2.43. The van der Waals surface area contributed by atoms with E-state index in [4.69, 9.17) is 0 Å². The van der Waals surface area contributed by atoms with E-state index in [-0.39, 0.29) is 5.56 Å². The average Bonchev–Trinajstić information content (AvgIpc) is 2.64. The molecule has 0 spiro atoms. The Morgan fingerprint density at radius 2 is 1.78 bits per heavy atom. The highest BCUT2D eigenvalue weighted by molar-refractivity contribution is 5.86. The minimum absolute atomic E-state index is 0.223. The largest absolute Gasteiger partial charge is 0.465 e. The van der Waals surface area contributed by atoms with Crippen LogP contribution in [0.2, 0.25) is 0 Å². The SMILES string of the molecule is C[C@H](c1cccc2ccccc12)N(C(=O)O)[C@H](c1cccnc1)C(F)(F)F. The normalized spacial score (nSPS) is 13.9. The second-order valence-electron chi connectivity index (χ2n) is 6.16. The molecular weight excluding hydrogens is 357 g/mol. The van der Waals surface area contributed by atoms with Gasteiger partial charge < -0.3 is 5.11 Å². The lowest BCUT2D eigenvalue weighted by Gasteiger charge is -2.36. The van der Waals surface area contributed by atoms with Gasteiger partial charge in [0.1, 0.15) is 0 Å². The standard InChI is InChI=1S/C20H17F3N2O2/c1-13(16-10-4-7-14-6-2-3-9-17(14)16)25(19(26)27)18(20(21,22)23)15-8-5-11-24-12-15/h2-13,18H,1H3,(H,26,27)/t13-,18-/m1/s1. The van der Waals surface area contributed by atoms with Crippen LogP contribution in [0.5, 0.6) is 0 Å². The molecule has 140 valence electrons. The van der Waals surface area contributed by atoms with Crippen molar-refractivity contribution in [1.29, 1.82) is 0 Å². The number of hydrogen-bond donors (Lipinski definition) is 1. The van der Waals surface area contributed by atoms with Crippen molar-refractivity contribution < 1.29 is 23.1 Å². The Balaban J connectivity index is 2.14. The molecule has 4 nitrogen and oxygen atoms in total. The van der Waals surface area contributed by atoms with E-state index in [1.54, 1.807) is 24.3 Å². The third-order valence-electron chi connectivity index (χ3n) is 4.50. The van der Waals surface area contributed by atoms with E-state index in [0.29, 0.717) is 15.8 Å². The van der Waals surface area contributed by atoms with Gasteiger partial charge in [-0.1, -0.05) is 48.5 Å². The monoisotopic (exact) mass is 374 g/mol. The molecule has 0 unspecified atom stereocenters. The van der Waals surface area contributed by atoms with E-state index in [2.05, 4.69) is 4.98 Å². The van der Waals surface area contributed by atoms with Crippen molar-refractivity contribution in [1.82, 2.24) is 9.88 Å². The van der Waals surface area contributed by atoms with Crippen LogP contribution in [0.4, 0.5) is 18.0 Å². The van der Waals surface area contributed by atoms with Crippen molar-refractivity contribution in [2.45, 2.75) is 25.2 Å². The molecule has 0 fully saturated rings. The lowest BCUT2D eigenvalue weighted by atomic mass is 9.96. The first kappa shape index (κ1) is 18.7. The summed E-state index contributed by atoms with van der Waals surface area (Å²) in [6.45, 7) is 1.46. The van der Waals surface area contributed by atoms with Crippen LogP contribution in [-0.2, 0) is 0 Å². The topological polar surface area (TPSA) is 53.4 Å². The number of hydrogen-bond acceptors (Lipinski definition) is 2. The number of fused-ring (bicyclic) bond motifs is 1. The number of pyridine rings is 1. The van der Waals surface area contributed by atoms with Crippen LogP contribution >= 0.6 is 0 Å². The fraction of sp³-hybridized carbons (Fsp3) is 0.200. The molecule has 0 bridgehead atoms. The van der Waals surface area contributed by atoms with Crippen molar-refractivity contribution in [2.24, 2.45) is 0 Å². The number of benzene rings is 2. The zero-order valence-electron chi connectivity index (χ0n) is 14.4. The molecule has 2 atom stereocenters. The summed E-state index contributed by atoms with van der Waals surface area (Å²) in [7, 11) is 0. The molecular formula is C20H17F3N2O2. The quantitative estimate of drug-likeness (QED) is 0.649. The number of halogens is 3. The van der Waals surface area contributed by atoms with Crippen molar-refractivity contribution in [3.05, 3.63) is 78.1 Å². The number of alkyl halides is 3. The number of aromatic nitrogens is 1. The summed E-state index contributed by atoms with van der Waals surface area (Å²) >= 11 is 0. The molecule has 7 heteroatoms. The molecule has 0 aliphatic carbocycles. The van der Waals surface area contributed by atoms with E-state index in [1.165, 1.54) is 25.3 Å². The van der Waals surface area contributed by atoms with Gasteiger partial charge in [0.25, 0.3) is 0 Å². The Morgan fingerprint density at radius 1 is 1.07 bits per heavy atom. The fourth-order valence-corrected chi connectivity index (χ4v) is 3.31. The van der Waals surface area contributed by atoms with E-state index < -0.39 is 24.4 Å². The molecule has 3 aromatic rings. The predicted molar refractivity (Wildman–Crippen MR) is 95.3 cm³/mol. The van der Waals surface area contributed by atoms with Crippen LogP contribution < -0.4 is 0 Å². The number of carboxylic acid groups (broad SMARTS) is 1. The molecule has 3 rings (SSSR count). The van der Waals surface area contributed by atoms with Gasteiger partial charge in [-0.2, -0.15) is 13.2 Å². The Bertz CT molecular complexity index is 939. The Kier molecular flexibility index (Phi) is 5.03. The highest BCUT2D eigenvalue weighted by atomic mass is 19.4. The van der Waals surface area contributed by atoms with E-state index in [1.807, 2.05) is 18.2 Å². The molecule has 1 heterocycles. The minimum Gasteiger partial charge on any atom is -0.465 e. The van der Waals surface area contributed by atoms with Gasteiger partial charge in [0, 0.05) is 18.0 Å². The molecule has 0 aliphatic heterocycles. The molecule has 0 aliphatic rings. The van der Waals surface area contributed by atoms with Crippen molar-refractivity contribution in [2.75, 3.05) is 0 Å². The number of rotatable bonds is 4. The van der Waals surface area contributed by atoms with Gasteiger partial charge in [-0.25, -0.2) is 4.79 Å². The summed E-state index contributed by atoms with van der Waals surface area (Å²) in [5.74, 6) is 0. The summed E-state index contributed by atoms with van der Waals surface area (Å²) < 4.78 is 41.6. The first-order valence-electron chi connectivity index (χ1n) is 8.26. The van der Waals surface area contributed by atoms with Crippen LogP contribution in [0.15, 0.2) is 67.0 Å². The lowest BCUT2D eigenvalue weighted by molar-refractivity contribution is -0.185. The first-order valence-corrected chi connectivity index (χ1v) is 8.26. The van der Waals surface area contributed by atoms with Crippen LogP contribution in [0, 0.1) is 0 Å². The molecule has 1 amide bonds. The van der Waals surface area contributed by atoms with Gasteiger partial charge in [-0.3, -0.25) is 9.88 Å². The highest BCUT2D eigenvalue weighted by Gasteiger charge is 2.48. The van der Waals surface area contributed by atoms with Crippen molar-refractivity contribution >= 4 is 16.9 Å². The Hall–Kier alpha value is -3.09. The Labute approximate surface area is 153 Å². The van der Waals surface area contributed by atoms with Gasteiger partial charge in [-0.15, -0.1) is 0 Å². The van der Waals surface area contributed by atoms with Gasteiger partial charge in [0.15, 0.2) is 6.04 Å². The van der Waals surface area contributed by atoms with Gasteiger partial charge >= 0.3 is 12.3 Å². The van der Waals surface area contributed by atoms with E-state index >= 15 is 0 Å². The van der Waals surface area contributed by atoms with Crippen LogP contribution in [0.25, 0.3) is 10.8 Å².